The Morgan fingerprint density at radius 2 is 1.73 bits per heavy atom. The van der Waals surface area contributed by atoms with Crippen LogP contribution in [0.2, 0.25) is 0 Å². The van der Waals surface area contributed by atoms with Crippen LogP contribution in [0.4, 0.5) is 31.8 Å². The van der Waals surface area contributed by atoms with E-state index in [1.165, 1.54) is 18.9 Å². The maximum absolute atomic E-state index is 13.8. The fourth-order valence-corrected chi connectivity index (χ4v) is 6.81. The van der Waals surface area contributed by atoms with Gasteiger partial charge in [-0.2, -0.15) is 0 Å². The summed E-state index contributed by atoms with van der Waals surface area (Å²) in [5.41, 5.74) is 2.57. The first kappa shape index (κ1) is 28.0. The molecular weight excluding hydrogens is 556 g/mol. The number of aromatic nitrogens is 1. The fourth-order valence-electron chi connectivity index (χ4n) is 5.98. The molecule has 0 atom stereocenters. The number of sulfonamides is 1. The van der Waals surface area contributed by atoms with Crippen molar-refractivity contribution in [1.82, 2.24) is 4.98 Å². The van der Waals surface area contributed by atoms with E-state index in [0.717, 1.165) is 31.5 Å². The van der Waals surface area contributed by atoms with E-state index in [0.29, 0.717) is 52.8 Å². The highest BCUT2D eigenvalue weighted by molar-refractivity contribution is 7.92. The number of hydrogen-bond donors (Lipinski definition) is 3. The first-order valence-electron chi connectivity index (χ1n) is 14.2. The molecule has 4 aliphatic rings. The first-order valence-corrected chi connectivity index (χ1v) is 15.8. The van der Waals surface area contributed by atoms with Gasteiger partial charge in [0.1, 0.15) is 5.82 Å². The average Bonchev–Trinajstić information content (AvgIpc) is 3.50. The van der Waals surface area contributed by atoms with Gasteiger partial charge in [-0.05, 0) is 55.4 Å². The van der Waals surface area contributed by atoms with Crippen LogP contribution in [0.1, 0.15) is 54.4 Å². The lowest BCUT2D eigenvalue weighted by molar-refractivity contribution is -0.0222. The molecule has 1 amide bonds. The Balaban J connectivity index is 1.28. The van der Waals surface area contributed by atoms with Crippen molar-refractivity contribution >= 4 is 38.9 Å². The second kappa shape index (κ2) is 10.6. The maximum Gasteiger partial charge on any atom is 0.258 e. The molecule has 3 N–H and O–H groups in total. The van der Waals surface area contributed by atoms with Crippen LogP contribution >= 0.6 is 0 Å². The molecule has 0 radical (unpaired) electrons. The molecule has 10 nitrogen and oxygen atoms in total. The number of aliphatic hydroxyl groups excluding tert-OH is 1. The van der Waals surface area contributed by atoms with E-state index in [1.54, 1.807) is 23.1 Å². The Labute approximate surface area is 238 Å². The van der Waals surface area contributed by atoms with Crippen molar-refractivity contribution in [2.75, 3.05) is 65.0 Å². The molecule has 4 heterocycles. The normalized spacial score (nSPS) is 20.9. The predicted octanol–water partition coefficient (Wildman–Crippen LogP) is 3.62. The molecule has 222 valence electrons. The van der Waals surface area contributed by atoms with Gasteiger partial charge in [0.25, 0.3) is 11.8 Å². The number of carbonyl (C=O) groups excluding carboxylic acids is 1. The van der Waals surface area contributed by atoms with Crippen LogP contribution in [0.3, 0.4) is 0 Å². The number of halogens is 2. The number of benzene rings is 1. The number of alkyl halides is 2. The van der Waals surface area contributed by atoms with Crippen LogP contribution in [0, 0.1) is 5.41 Å². The molecule has 1 spiro atoms. The number of amides is 1. The highest BCUT2D eigenvalue weighted by atomic mass is 32.2. The smallest absolute Gasteiger partial charge is 0.258 e. The van der Waals surface area contributed by atoms with Crippen LogP contribution in [-0.4, -0.2) is 75.5 Å². The zero-order chi connectivity index (χ0) is 28.8. The Hall–Kier alpha value is -3.19. The molecule has 1 aromatic carbocycles. The number of nitrogens with zero attached hydrogens (tertiary/aromatic N) is 3. The van der Waals surface area contributed by atoms with E-state index in [1.807, 2.05) is 0 Å². The van der Waals surface area contributed by atoms with Crippen molar-refractivity contribution in [3.63, 3.8) is 0 Å². The lowest BCUT2D eigenvalue weighted by atomic mass is 9.93. The number of pyridine rings is 1. The molecule has 13 heteroatoms. The standard InChI is InChI=1S/C28H35F2N5O5S/c29-28(30)8-12-35(13-9-28)25-24-19(3-15-40-24)17-23(31-25)32-26(37)21-2-1-20(33-41(38,39)16-14-36)18-22(21)34-10-6-27(4-5-27)7-11-34/h1-2,17-18,33,36H,3-16H2,(H,31,32,37). The van der Waals surface area contributed by atoms with Crippen molar-refractivity contribution in [3.05, 3.63) is 35.4 Å². The number of fused-ring (bicyclic) bond motifs is 1. The number of ether oxygens (including phenoxy) is 1. The van der Waals surface area contributed by atoms with Crippen LogP contribution in [0.15, 0.2) is 24.3 Å². The number of hydrogen-bond acceptors (Lipinski definition) is 8. The van der Waals surface area contributed by atoms with E-state index in [9.17, 15) is 22.0 Å². The number of nitrogens with one attached hydrogen (secondary N) is 2. The zero-order valence-corrected chi connectivity index (χ0v) is 23.6. The Kier molecular flexibility index (Phi) is 7.21. The molecular formula is C28H35F2N5O5S. The summed E-state index contributed by atoms with van der Waals surface area (Å²) in [7, 11) is -3.74. The lowest BCUT2D eigenvalue weighted by Gasteiger charge is -2.35. The van der Waals surface area contributed by atoms with E-state index in [2.05, 4.69) is 19.9 Å². The second-order valence-corrected chi connectivity index (χ2v) is 13.4. The Morgan fingerprint density at radius 1 is 1.02 bits per heavy atom. The first-order chi connectivity index (χ1) is 19.6. The summed E-state index contributed by atoms with van der Waals surface area (Å²) in [6.45, 7) is 1.75. The van der Waals surface area contributed by atoms with Crippen molar-refractivity contribution in [1.29, 1.82) is 0 Å². The summed E-state index contributed by atoms with van der Waals surface area (Å²) in [5, 5.41) is 12.0. The van der Waals surface area contributed by atoms with Gasteiger partial charge in [-0.25, -0.2) is 22.2 Å². The van der Waals surface area contributed by atoms with Gasteiger partial charge in [0.05, 0.1) is 35.9 Å². The van der Waals surface area contributed by atoms with E-state index in [4.69, 9.17) is 9.84 Å². The summed E-state index contributed by atoms with van der Waals surface area (Å²) in [6.07, 6.45) is 4.56. The molecule has 3 fully saturated rings. The molecule has 0 unspecified atom stereocenters. The zero-order valence-electron chi connectivity index (χ0n) is 22.8. The number of aliphatic hydroxyl groups is 1. The monoisotopic (exact) mass is 591 g/mol. The highest BCUT2D eigenvalue weighted by Gasteiger charge is 2.44. The third kappa shape index (κ3) is 6.06. The molecule has 3 aliphatic heterocycles. The Morgan fingerprint density at radius 3 is 2.41 bits per heavy atom. The average molecular weight is 592 g/mol. The number of piperidine rings is 2. The third-order valence-corrected chi connectivity index (χ3v) is 9.95. The SMILES string of the molecule is O=C(Nc1cc2c(c(N3CCC(F)(F)CC3)n1)OCC2)c1ccc(NS(=O)(=O)CCO)cc1N1CCC2(CC1)CC2. The minimum atomic E-state index is -3.74. The summed E-state index contributed by atoms with van der Waals surface area (Å²) in [5.74, 6) is -2.18. The van der Waals surface area contributed by atoms with E-state index < -0.39 is 34.2 Å². The topological polar surface area (TPSA) is 124 Å². The molecule has 2 aromatic rings. The molecule has 2 saturated heterocycles. The number of rotatable bonds is 8. The third-order valence-electron chi connectivity index (χ3n) is 8.68. The van der Waals surface area contributed by atoms with Gasteiger partial charge in [0.2, 0.25) is 10.0 Å². The molecule has 6 rings (SSSR count). The van der Waals surface area contributed by atoms with Crippen LogP contribution in [0.25, 0.3) is 0 Å². The quantitative estimate of drug-likeness (QED) is 0.426. The highest BCUT2D eigenvalue weighted by Crippen LogP contribution is 2.54. The summed E-state index contributed by atoms with van der Waals surface area (Å²) in [6, 6.07) is 6.55. The van der Waals surface area contributed by atoms with E-state index in [-0.39, 0.29) is 25.9 Å². The number of anilines is 4. The van der Waals surface area contributed by atoms with Gasteiger partial charge in [0.15, 0.2) is 11.6 Å². The van der Waals surface area contributed by atoms with Crippen molar-refractivity contribution < 1.29 is 31.8 Å². The van der Waals surface area contributed by atoms with Gasteiger partial charge in [-0.3, -0.25) is 9.52 Å². The minimum absolute atomic E-state index is 0.140. The molecule has 41 heavy (non-hydrogen) atoms. The second-order valence-electron chi connectivity index (χ2n) is 11.6. The minimum Gasteiger partial charge on any atom is -0.489 e. The van der Waals surface area contributed by atoms with Crippen LogP contribution < -0.4 is 24.6 Å². The summed E-state index contributed by atoms with van der Waals surface area (Å²) in [4.78, 5) is 22.2. The van der Waals surface area contributed by atoms with Crippen LogP contribution in [0.5, 0.6) is 5.75 Å². The molecule has 1 aromatic heterocycles. The van der Waals surface area contributed by atoms with Gasteiger partial charge < -0.3 is 25.0 Å². The maximum atomic E-state index is 13.8. The molecule has 1 saturated carbocycles. The fraction of sp³-hybridized carbons (Fsp3) is 0.571. The van der Waals surface area contributed by atoms with Gasteiger partial charge in [-0.1, -0.05) is 0 Å². The lowest BCUT2D eigenvalue weighted by Crippen LogP contribution is -2.40. The van der Waals surface area contributed by atoms with Crippen molar-refractivity contribution in [2.24, 2.45) is 5.41 Å². The van der Waals surface area contributed by atoms with Gasteiger partial charge in [0, 0.05) is 51.0 Å². The largest absolute Gasteiger partial charge is 0.489 e. The summed E-state index contributed by atoms with van der Waals surface area (Å²) >= 11 is 0. The van der Waals surface area contributed by atoms with E-state index >= 15 is 0 Å². The Bertz CT molecular complexity index is 1430. The van der Waals surface area contributed by atoms with Crippen molar-refractivity contribution in [2.45, 2.75) is 50.9 Å². The van der Waals surface area contributed by atoms with Crippen molar-refractivity contribution in [3.8, 4) is 5.75 Å². The summed E-state index contributed by atoms with van der Waals surface area (Å²) < 4.78 is 60.5. The van der Waals surface area contributed by atoms with Gasteiger partial charge >= 0.3 is 0 Å². The van der Waals surface area contributed by atoms with Gasteiger partial charge in [-0.15, -0.1) is 0 Å². The molecule has 0 bridgehead atoms. The number of carbonyl (C=O) groups is 1. The van der Waals surface area contributed by atoms with Crippen LogP contribution in [-0.2, 0) is 16.4 Å². The predicted molar refractivity (Wildman–Crippen MR) is 152 cm³/mol. The molecule has 1 aliphatic carbocycles.